The molecule has 1 aliphatic rings. The Labute approximate surface area is 190 Å². The minimum Gasteiger partial charge on any atom is -0.465 e. The van der Waals surface area contributed by atoms with Crippen LogP contribution in [0.4, 0.5) is 0 Å². The van der Waals surface area contributed by atoms with Gasteiger partial charge in [0.15, 0.2) is 0 Å². The summed E-state index contributed by atoms with van der Waals surface area (Å²) in [6.07, 6.45) is 0.259. The molecule has 0 amide bonds. The minimum atomic E-state index is -3.81. The van der Waals surface area contributed by atoms with Crippen molar-refractivity contribution < 1.29 is 27.3 Å². The van der Waals surface area contributed by atoms with Crippen LogP contribution in [0.5, 0.6) is 0 Å². The Morgan fingerprint density at radius 3 is 2.03 bits per heavy atom. The lowest BCUT2D eigenvalue weighted by molar-refractivity contribution is 0.00578. The molecule has 0 bridgehead atoms. The smallest absolute Gasteiger partial charge is 0.459 e. The molecular formula is C23H30BNO6S. The zero-order chi connectivity index (χ0) is 23.7. The molecule has 0 aromatic heterocycles. The van der Waals surface area contributed by atoms with E-state index < -0.39 is 40.4 Å². The highest BCUT2D eigenvalue weighted by Crippen LogP contribution is 2.39. The van der Waals surface area contributed by atoms with Crippen LogP contribution >= 0.6 is 0 Å². The predicted octanol–water partition coefficient (Wildman–Crippen LogP) is 3.89. The zero-order valence-electron chi connectivity index (χ0n) is 19.3. The van der Waals surface area contributed by atoms with Gasteiger partial charge in [-0.25, -0.2) is 17.9 Å². The van der Waals surface area contributed by atoms with Crippen molar-refractivity contribution in [1.29, 1.82) is 0 Å². The van der Waals surface area contributed by atoms with E-state index in [1.165, 1.54) is 7.11 Å². The molecule has 1 fully saturated rings. The molecule has 1 atom stereocenters. The first-order chi connectivity index (χ1) is 14.8. The van der Waals surface area contributed by atoms with E-state index >= 15 is 0 Å². The van der Waals surface area contributed by atoms with Gasteiger partial charge in [0.2, 0.25) is 10.0 Å². The summed E-state index contributed by atoms with van der Waals surface area (Å²) in [5.41, 5.74) is 0.964. The normalized spacial score (nSPS) is 18.4. The van der Waals surface area contributed by atoms with Crippen molar-refractivity contribution >= 4 is 23.1 Å². The Bertz CT molecular complexity index is 1050. The number of rotatable bonds is 7. The Morgan fingerprint density at radius 1 is 1.00 bits per heavy atom. The molecule has 172 valence electrons. The Morgan fingerprint density at radius 2 is 1.53 bits per heavy atom. The Kier molecular flexibility index (Phi) is 6.86. The third-order valence-corrected chi connectivity index (χ3v) is 7.58. The molecule has 0 aliphatic carbocycles. The fraction of sp³-hybridized carbons (Fsp3) is 0.435. The molecule has 2 aromatic carbocycles. The van der Waals surface area contributed by atoms with Gasteiger partial charge in [0.05, 0.1) is 28.8 Å². The Balaban J connectivity index is 1.90. The molecule has 7 nitrogen and oxygen atoms in total. The van der Waals surface area contributed by atoms with Crippen LogP contribution in [-0.4, -0.2) is 39.8 Å². The van der Waals surface area contributed by atoms with Gasteiger partial charge in [0.1, 0.15) is 0 Å². The molecule has 1 heterocycles. The number of carbonyl (C=O) groups excluding carboxylic acids is 1. The third kappa shape index (κ3) is 5.23. The van der Waals surface area contributed by atoms with Crippen molar-refractivity contribution in [3.63, 3.8) is 0 Å². The highest BCUT2D eigenvalue weighted by atomic mass is 32.2. The van der Waals surface area contributed by atoms with Crippen LogP contribution in [0.1, 0.15) is 55.2 Å². The third-order valence-electron chi connectivity index (χ3n) is 6.09. The summed E-state index contributed by atoms with van der Waals surface area (Å²) in [6.45, 7) is 9.69. The summed E-state index contributed by atoms with van der Waals surface area (Å²) in [5, 5.41) is 0. The van der Waals surface area contributed by atoms with Crippen molar-refractivity contribution in [2.45, 2.75) is 63.1 Å². The highest BCUT2D eigenvalue weighted by molar-refractivity contribution is 7.89. The van der Waals surface area contributed by atoms with Gasteiger partial charge in [-0.2, -0.15) is 0 Å². The fourth-order valence-electron chi connectivity index (χ4n) is 3.45. The summed E-state index contributed by atoms with van der Waals surface area (Å²) in [5.74, 6) is -0.459. The standard InChI is InChI=1S/C23H30BNO6S/c1-16-7-13-19(14-8-16)32(27,28)25-20(15-24-30-22(2,3)23(4,5)31-24)17-9-11-18(12-10-17)21(26)29-6/h7-14,20,25H,15H2,1-6H3. The first kappa shape index (κ1) is 24.4. The second-order valence-electron chi connectivity index (χ2n) is 9.02. The van der Waals surface area contributed by atoms with Gasteiger partial charge in [0.25, 0.3) is 0 Å². The maximum atomic E-state index is 13.1. The van der Waals surface area contributed by atoms with Gasteiger partial charge >= 0.3 is 13.1 Å². The van der Waals surface area contributed by atoms with E-state index in [9.17, 15) is 13.2 Å². The average Bonchev–Trinajstić information content (AvgIpc) is 2.93. The topological polar surface area (TPSA) is 90.9 Å². The van der Waals surface area contributed by atoms with Gasteiger partial charge in [-0.1, -0.05) is 29.8 Å². The van der Waals surface area contributed by atoms with Crippen LogP contribution in [-0.2, 0) is 24.1 Å². The van der Waals surface area contributed by atoms with E-state index in [0.717, 1.165) is 5.56 Å². The molecule has 1 saturated heterocycles. The van der Waals surface area contributed by atoms with Crippen LogP contribution in [0.3, 0.4) is 0 Å². The number of carbonyl (C=O) groups is 1. The molecule has 0 spiro atoms. The van der Waals surface area contributed by atoms with Gasteiger partial charge in [-0.05, 0) is 64.4 Å². The molecule has 3 rings (SSSR count). The van der Waals surface area contributed by atoms with E-state index in [0.29, 0.717) is 11.1 Å². The minimum absolute atomic E-state index is 0.174. The summed E-state index contributed by atoms with van der Waals surface area (Å²) in [7, 11) is -3.10. The molecule has 0 radical (unpaired) electrons. The monoisotopic (exact) mass is 459 g/mol. The summed E-state index contributed by atoms with van der Waals surface area (Å²) in [6, 6.07) is 12.7. The Hall–Kier alpha value is -2.20. The highest BCUT2D eigenvalue weighted by Gasteiger charge is 2.51. The lowest BCUT2D eigenvalue weighted by Gasteiger charge is -2.32. The zero-order valence-corrected chi connectivity index (χ0v) is 20.2. The van der Waals surface area contributed by atoms with Crippen LogP contribution in [0, 0.1) is 6.92 Å². The molecule has 2 aromatic rings. The maximum absolute atomic E-state index is 13.1. The van der Waals surface area contributed by atoms with E-state index in [4.69, 9.17) is 14.0 Å². The first-order valence-electron chi connectivity index (χ1n) is 10.5. The number of aryl methyl sites for hydroxylation is 1. The van der Waals surface area contributed by atoms with Crippen LogP contribution in [0.25, 0.3) is 0 Å². The predicted molar refractivity (Wildman–Crippen MR) is 123 cm³/mol. The van der Waals surface area contributed by atoms with Crippen LogP contribution < -0.4 is 4.72 Å². The lowest BCUT2D eigenvalue weighted by Crippen LogP contribution is -2.41. The molecule has 32 heavy (non-hydrogen) atoms. The molecule has 0 saturated carbocycles. The van der Waals surface area contributed by atoms with Gasteiger partial charge < -0.3 is 14.0 Å². The number of benzene rings is 2. The summed E-state index contributed by atoms with van der Waals surface area (Å²) in [4.78, 5) is 12.0. The fourth-order valence-corrected chi connectivity index (χ4v) is 4.69. The number of ether oxygens (including phenoxy) is 1. The van der Waals surface area contributed by atoms with E-state index in [2.05, 4.69) is 4.72 Å². The van der Waals surface area contributed by atoms with Crippen LogP contribution in [0.15, 0.2) is 53.4 Å². The summed E-state index contributed by atoms with van der Waals surface area (Å²) >= 11 is 0. The molecule has 1 aliphatic heterocycles. The van der Waals surface area contributed by atoms with Gasteiger partial charge in [-0.3, -0.25) is 0 Å². The molecule has 9 heteroatoms. The largest absolute Gasteiger partial charge is 0.465 e. The van der Waals surface area contributed by atoms with E-state index in [1.807, 2.05) is 34.6 Å². The SMILES string of the molecule is COC(=O)c1ccc(C(CB2OC(C)(C)C(C)(C)O2)NS(=O)(=O)c2ccc(C)cc2)cc1. The van der Waals surface area contributed by atoms with Crippen molar-refractivity contribution in [2.75, 3.05) is 7.11 Å². The molecule has 1 unspecified atom stereocenters. The number of methoxy groups -OCH3 is 1. The number of hydrogen-bond donors (Lipinski definition) is 1. The van der Waals surface area contributed by atoms with E-state index in [1.54, 1.807) is 48.5 Å². The number of sulfonamides is 1. The average molecular weight is 459 g/mol. The summed E-state index contributed by atoms with van der Waals surface area (Å²) < 4.78 is 46.0. The van der Waals surface area contributed by atoms with Crippen molar-refractivity contribution in [2.24, 2.45) is 0 Å². The lowest BCUT2D eigenvalue weighted by atomic mass is 9.78. The van der Waals surface area contributed by atoms with E-state index in [-0.39, 0.29) is 11.2 Å². The van der Waals surface area contributed by atoms with Crippen molar-refractivity contribution in [3.8, 4) is 0 Å². The number of esters is 1. The van der Waals surface area contributed by atoms with Crippen molar-refractivity contribution in [1.82, 2.24) is 4.72 Å². The molecule has 1 N–H and O–H groups in total. The maximum Gasteiger partial charge on any atom is 0.459 e. The second-order valence-corrected chi connectivity index (χ2v) is 10.7. The number of hydrogen-bond acceptors (Lipinski definition) is 6. The number of nitrogens with one attached hydrogen (secondary N) is 1. The first-order valence-corrected chi connectivity index (χ1v) is 12.0. The second kappa shape index (κ2) is 8.98. The van der Waals surface area contributed by atoms with Crippen molar-refractivity contribution in [3.05, 3.63) is 65.2 Å². The quantitative estimate of drug-likeness (QED) is 0.499. The molecular weight excluding hydrogens is 429 g/mol. The van der Waals surface area contributed by atoms with Gasteiger partial charge in [0, 0.05) is 12.4 Å². The van der Waals surface area contributed by atoms with Gasteiger partial charge in [-0.15, -0.1) is 0 Å². The van der Waals surface area contributed by atoms with Crippen LogP contribution in [0.2, 0.25) is 6.32 Å².